The molecule has 1 aromatic rings. The van der Waals surface area contributed by atoms with Gasteiger partial charge in [0.05, 0.1) is 10.0 Å². The largest absolute Gasteiger partial charge is 0.307 e. The van der Waals surface area contributed by atoms with Gasteiger partial charge in [-0.2, -0.15) is 0 Å². The second-order valence-electron chi connectivity index (χ2n) is 6.03. The fourth-order valence-electron chi connectivity index (χ4n) is 2.94. The Balaban J connectivity index is 1.81. The molecule has 0 bridgehead atoms. The Hall–Kier alpha value is -0.280. The Bertz CT molecular complexity index is 442. The summed E-state index contributed by atoms with van der Waals surface area (Å²) in [5.74, 6) is 0. The van der Waals surface area contributed by atoms with Gasteiger partial charge in [-0.3, -0.25) is 0 Å². The van der Waals surface area contributed by atoms with Crippen molar-refractivity contribution in [3.8, 4) is 0 Å². The molecular weight excluding hydrogens is 303 g/mol. The van der Waals surface area contributed by atoms with Crippen LogP contribution in [0.1, 0.15) is 51.1 Å². The smallest absolute Gasteiger partial charge is 0.0595 e. The van der Waals surface area contributed by atoms with Gasteiger partial charge in [-0.05, 0) is 63.5 Å². The van der Waals surface area contributed by atoms with Crippen molar-refractivity contribution in [2.75, 3.05) is 19.6 Å². The van der Waals surface area contributed by atoms with Crippen molar-refractivity contribution in [2.24, 2.45) is 0 Å². The van der Waals surface area contributed by atoms with Gasteiger partial charge < -0.3 is 10.2 Å². The van der Waals surface area contributed by atoms with Gasteiger partial charge in [-0.15, -0.1) is 0 Å². The molecule has 1 saturated heterocycles. The van der Waals surface area contributed by atoms with Crippen LogP contribution in [0.3, 0.4) is 0 Å². The van der Waals surface area contributed by atoms with E-state index >= 15 is 0 Å². The van der Waals surface area contributed by atoms with Crippen molar-refractivity contribution in [1.29, 1.82) is 0 Å². The lowest BCUT2D eigenvalue weighted by molar-refractivity contribution is 0.190. The number of piperidine rings is 1. The quantitative estimate of drug-likeness (QED) is 0.798. The van der Waals surface area contributed by atoms with E-state index in [2.05, 4.69) is 30.1 Å². The highest BCUT2D eigenvalue weighted by molar-refractivity contribution is 6.42. The van der Waals surface area contributed by atoms with Crippen LogP contribution in [0.5, 0.6) is 0 Å². The Morgan fingerprint density at radius 1 is 1.24 bits per heavy atom. The number of rotatable bonds is 6. The molecular formula is C17H26Cl2N2. The first-order valence-electron chi connectivity index (χ1n) is 8.03. The van der Waals surface area contributed by atoms with Gasteiger partial charge in [-0.25, -0.2) is 0 Å². The van der Waals surface area contributed by atoms with E-state index in [1.807, 2.05) is 12.1 Å². The number of hydrogen-bond acceptors (Lipinski definition) is 2. The number of likely N-dealkylation sites (tertiary alicyclic amines) is 1. The highest BCUT2D eigenvalue weighted by atomic mass is 35.5. The van der Waals surface area contributed by atoms with Gasteiger partial charge >= 0.3 is 0 Å². The number of halogens is 2. The summed E-state index contributed by atoms with van der Waals surface area (Å²) in [4.78, 5) is 2.59. The van der Waals surface area contributed by atoms with Crippen molar-refractivity contribution in [3.05, 3.63) is 33.8 Å². The maximum atomic E-state index is 6.10. The van der Waals surface area contributed by atoms with Crippen molar-refractivity contribution >= 4 is 23.2 Å². The van der Waals surface area contributed by atoms with Gasteiger partial charge in [0, 0.05) is 12.1 Å². The molecule has 1 unspecified atom stereocenters. The lowest BCUT2D eigenvalue weighted by atomic mass is 10.0. The predicted octanol–water partition coefficient (Wildman–Crippen LogP) is 4.91. The zero-order valence-corrected chi connectivity index (χ0v) is 14.6. The lowest BCUT2D eigenvalue weighted by Crippen LogP contribution is -2.43. The fourth-order valence-corrected chi connectivity index (χ4v) is 3.24. The zero-order valence-electron chi connectivity index (χ0n) is 13.0. The number of benzene rings is 1. The average Bonchev–Trinajstić information content (AvgIpc) is 2.49. The zero-order chi connectivity index (χ0) is 15.2. The topological polar surface area (TPSA) is 15.3 Å². The number of nitrogens with one attached hydrogen (secondary N) is 1. The van der Waals surface area contributed by atoms with E-state index in [1.54, 1.807) is 0 Å². The minimum atomic E-state index is 0.312. The van der Waals surface area contributed by atoms with E-state index in [0.29, 0.717) is 22.1 Å². The SMILES string of the molecule is CCCCN1CCC(NC(C)c2ccc(Cl)c(Cl)c2)CC1. The molecule has 1 heterocycles. The molecule has 0 aromatic heterocycles. The highest BCUT2D eigenvalue weighted by Crippen LogP contribution is 2.26. The molecule has 1 aromatic carbocycles. The van der Waals surface area contributed by atoms with Crippen LogP contribution in [0.25, 0.3) is 0 Å². The monoisotopic (exact) mass is 328 g/mol. The van der Waals surface area contributed by atoms with E-state index in [-0.39, 0.29) is 0 Å². The average molecular weight is 329 g/mol. The highest BCUT2D eigenvalue weighted by Gasteiger charge is 2.20. The van der Waals surface area contributed by atoms with Crippen LogP contribution < -0.4 is 5.32 Å². The molecule has 1 fully saturated rings. The van der Waals surface area contributed by atoms with Crippen LogP contribution in [-0.2, 0) is 0 Å². The van der Waals surface area contributed by atoms with E-state index in [0.717, 1.165) is 0 Å². The molecule has 21 heavy (non-hydrogen) atoms. The second-order valence-corrected chi connectivity index (χ2v) is 6.85. The Morgan fingerprint density at radius 2 is 1.95 bits per heavy atom. The molecule has 4 heteroatoms. The molecule has 1 aliphatic rings. The number of unbranched alkanes of at least 4 members (excludes halogenated alkanes) is 1. The third-order valence-corrected chi connectivity index (χ3v) is 5.08. The Labute approximate surface area is 138 Å². The van der Waals surface area contributed by atoms with Gasteiger partial charge in [0.1, 0.15) is 0 Å². The van der Waals surface area contributed by atoms with Crippen LogP contribution >= 0.6 is 23.2 Å². The summed E-state index contributed by atoms with van der Waals surface area (Å²) in [7, 11) is 0. The van der Waals surface area contributed by atoms with Crippen molar-refractivity contribution < 1.29 is 0 Å². The lowest BCUT2D eigenvalue weighted by Gasteiger charge is -2.34. The first-order chi connectivity index (χ1) is 10.1. The molecule has 1 aliphatic heterocycles. The van der Waals surface area contributed by atoms with Crippen LogP contribution in [0.4, 0.5) is 0 Å². The maximum absolute atomic E-state index is 6.10. The summed E-state index contributed by atoms with van der Waals surface area (Å²) in [6.07, 6.45) is 5.06. The molecule has 0 amide bonds. The first-order valence-corrected chi connectivity index (χ1v) is 8.79. The molecule has 0 aliphatic carbocycles. The number of nitrogens with zero attached hydrogens (tertiary/aromatic N) is 1. The molecule has 0 saturated carbocycles. The summed E-state index contributed by atoms with van der Waals surface area (Å²) in [5.41, 5.74) is 1.21. The van der Waals surface area contributed by atoms with Gasteiger partial charge in [0.15, 0.2) is 0 Å². The van der Waals surface area contributed by atoms with Gasteiger partial charge in [0.2, 0.25) is 0 Å². The second kappa shape index (κ2) is 8.38. The summed E-state index contributed by atoms with van der Waals surface area (Å²) >= 11 is 12.1. The molecule has 2 rings (SSSR count). The van der Waals surface area contributed by atoms with Crippen molar-refractivity contribution in [1.82, 2.24) is 10.2 Å². The van der Waals surface area contributed by atoms with Crippen LogP contribution in [-0.4, -0.2) is 30.6 Å². The summed E-state index contributed by atoms with van der Waals surface area (Å²) < 4.78 is 0. The first kappa shape index (κ1) is 17.1. The molecule has 2 nitrogen and oxygen atoms in total. The molecule has 118 valence electrons. The van der Waals surface area contributed by atoms with Crippen molar-refractivity contribution in [3.63, 3.8) is 0 Å². The maximum Gasteiger partial charge on any atom is 0.0595 e. The molecule has 0 spiro atoms. The normalized spacial score (nSPS) is 18.9. The van der Waals surface area contributed by atoms with Crippen LogP contribution in [0.15, 0.2) is 18.2 Å². The van der Waals surface area contributed by atoms with E-state index in [4.69, 9.17) is 23.2 Å². The third kappa shape index (κ3) is 5.14. The minimum Gasteiger partial charge on any atom is -0.307 e. The minimum absolute atomic E-state index is 0.312. The van der Waals surface area contributed by atoms with Gasteiger partial charge in [0.25, 0.3) is 0 Å². The summed E-state index contributed by atoms with van der Waals surface area (Å²) in [6, 6.07) is 6.82. The summed E-state index contributed by atoms with van der Waals surface area (Å²) in [5, 5.41) is 4.99. The van der Waals surface area contributed by atoms with Crippen LogP contribution in [0, 0.1) is 0 Å². The number of hydrogen-bond donors (Lipinski definition) is 1. The molecule has 1 N–H and O–H groups in total. The van der Waals surface area contributed by atoms with E-state index in [9.17, 15) is 0 Å². The molecule has 0 radical (unpaired) electrons. The van der Waals surface area contributed by atoms with Crippen molar-refractivity contribution in [2.45, 2.75) is 51.6 Å². The predicted molar refractivity (Wildman–Crippen MR) is 92.4 cm³/mol. The standard InChI is InChI=1S/C17H26Cl2N2/c1-3-4-9-21-10-7-15(8-11-21)20-13(2)14-5-6-16(18)17(19)12-14/h5-6,12-13,15,20H,3-4,7-11H2,1-2H3. The summed E-state index contributed by atoms with van der Waals surface area (Å²) in [6.45, 7) is 8.14. The van der Waals surface area contributed by atoms with E-state index in [1.165, 1.54) is 50.9 Å². The molecule has 1 atom stereocenters. The van der Waals surface area contributed by atoms with Gasteiger partial charge in [-0.1, -0.05) is 42.6 Å². The van der Waals surface area contributed by atoms with E-state index < -0.39 is 0 Å². The fraction of sp³-hybridized carbons (Fsp3) is 0.647. The van der Waals surface area contributed by atoms with Crippen LogP contribution in [0.2, 0.25) is 10.0 Å². The Morgan fingerprint density at radius 3 is 2.57 bits per heavy atom. The third-order valence-electron chi connectivity index (χ3n) is 4.34. The Kier molecular flexibility index (Phi) is 6.81.